The van der Waals surface area contributed by atoms with Crippen molar-refractivity contribution in [2.45, 2.75) is 26.9 Å². The maximum absolute atomic E-state index is 9.14. The van der Waals surface area contributed by atoms with Gasteiger partial charge in [0, 0.05) is 5.92 Å². The largest absolute Gasteiger partial charge is 0.393 e. The van der Waals surface area contributed by atoms with Crippen molar-refractivity contribution < 1.29 is 5.11 Å². The zero-order valence-corrected chi connectivity index (χ0v) is 6.31. The second kappa shape index (κ2) is 1.60. The van der Waals surface area contributed by atoms with Crippen LogP contribution in [-0.4, -0.2) is 11.2 Å². The number of aliphatic hydroxyl groups is 1. The molecule has 2 atom stereocenters. The van der Waals surface area contributed by atoms with Crippen LogP contribution in [0.5, 0.6) is 0 Å². The quantitative estimate of drug-likeness (QED) is 0.529. The predicted molar refractivity (Wildman–Crippen MR) is 38.1 cm³/mol. The molecule has 1 saturated carbocycles. The van der Waals surface area contributed by atoms with Crippen LogP contribution in [0.25, 0.3) is 0 Å². The van der Waals surface area contributed by atoms with Crippen LogP contribution in [0.1, 0.15) is 20.8 Å². The number of aliphatic hydroxyl groups excluding tert-OH is 1. The van der Waals surface area contributed by atoms with E-state index in [0.29, 0.717) is 5.92 Å². The minimum absolute atomic E-state index is 0.203. The fourth-order valence-electron chi connectivity index (χ4n) is 1.57. The summed E-state index contributed by atoms with van der Waals surface area (Å²) in [5.74, 6) is 0.345. The second-order valence-electron chi connectivity index (χ2n) is 3.47. The normalized spacial score (nSPS) is 34.2. The van der Waals surface area contributed by atoms with Crippen LogP contribution in [0.2, 0.25) is 0 Å². The highest BCUT2D eigenvalue weighted by atomic mass is 16.3. The van der Waals surface area contributed by atoms with Gasteiger partial charge in [-0.15, -0.1) is 0 Å². The predicted octanol–water partition coefficient (Wildman–Crippen LogP) is 1.58. The van der Waals surface area contributed by atoms with Gasteiger partial charge in [-0.1, -0.05) is 26.0 Å². The Morgan fingerprint density at radius 2 is 2.00 bits per heavy atom. The zero-order valence-electron chi connectivity index (χ0n) is 6.31. The topological polar surface area (TPSA) is 20.2 Å². The molecule has 0 amide bonds. The first-order valence-electron chi connectivity index (χ1n) is 3.35. The van der Waals surface area contributed by atoms with E-state index in [2.05, 4.69) is 20.4 Å². The van der Waals surface area contributed by atoms with E-state index in [0.717, 1.165) is 0 Å². The summed E-state index contributed by atoms with van der Waals surface area (Å²) < 4.78 is 0. The van der Waals surface area contributed by atoms with Gasteiger partial charge < -0.3 is 5.11 Å². The Morgan fingerprint density at radius 3 is 2.00 bits per heavy atom. The molecule has 2 unspecified atom stereocenters. The molecule has 1 N–H and O–H groups in total. The van der Waals surface area contributed by atoms with Gasteiger partial charge in [0.05, 0.1) is 6.10 Å². The molecule has 0 aromatic heterocycles. The minimum Gasteiger partial charge on any atom is -0.393 e. The van der Waals surface area contributed by atoms with Crippen molar-refractivity contribution in [1.82, 2.24) is 0 Å². The number of rotatable bonds is 1. The van der Waals surface area contributed by atoms with E-state index in [1.807, 2.05) is 6.92 Å². The van der Waals surface area contributed by atoms with Gasteiger partial charge in [0.2, 0.25) is 0 Å². The maximum Gasteiger partial charge on any atom is 0.0585 e. The summed E-state index contributed by atoms with van der Waals surface area (Å²) >= 11 is 0. The molecule has 1 nitrogen and oxygen atoms in total. The third-order valence-electron chi connectivity index (χ3n) is 2.38. The molecule has 52 valence electrons. The summed E-state index contributed by atoms with van der Waals surface area (Å²) in [7, 11) is 0. The average Bonchev–Trinajstić information content (AvgIpc) is 2.07. The summed E-state index contributed by atoms with van der Waals surface area (Å²) in [6.45, 7) is 9.92. The highest BCUT2D eigenvalue weighted by molar-refractivity contribution is 5.33. The van der Waals surface area contributed by atoms with Crippen molar-refractivity contribution >= 4 is 0 Å². The second-order valence-corrected chi connectivity index (χ2v) is 3.47. The van der Waals surface area contributed by atoms with E-state index in [1.54, 1.807) is 0 Å². The smallest absolute Gasteiger partial charge is 0.0585 e. The summed E-state index contributed by atoms with van der Waals surface area (Å²) in [5, 5.41) is 9.14. The van der Waals surface area contributed by atoms with Crippen LogP contribution in [0, 0.1) is 11.3 Å². The van der Waals surface area contributed by atoms with Gasteiger partial charge in [-0.3, -0.25) is 0 Å². The molecule has 1 aliphatic carbocycles. The van der Waals surface area contributed by atoms with E-state index >= 15 is 0 Å². The van der Waals surface area contributed by atoms with Crippen LogP contribution in [0.3, 0.4) is 0 Å². The molecule has 1 heteroatoms. The van der Waals surface area contributed by atoms with E-state index < -0.39 is 0 Å². The molecule has 0 saturated heterocycles. The van der Waals surface area contributed by atoms with Gasteiger partial charge in [0.1, 0.15) is 0 Å². The standard InChI is InChI=1S/C8H14O/c1-5-7(6(2)9)8(5,3)4/h6-7,9H,1H2,2-4H3. The first-order chi connectivity index (χ1) is 3.98. The molecule has 0 bridgehead atoms. The van der Waals surface area contributed by atoms with Gasteiger partial charge in [-0.25, -0.2) is 0 Å². The first kappa shape index (κ1) is 6.81. The Hall–Kier alpha value is -0.300. The molecule has 0 aromatic rings. The van der Waals surface area contributed by atoms with Crippen molar-refractivity contribution in [3.05, 3.63) is 12.2 Å². The molecule has 9 heavy (non-hydrogen) atoms. The molecule has 0 radical (unpaired) electrons. The molecule has 1 rings (SSSR count). The van der Waals surface area contributed by atoms with Crippen molar-refractivity contribution in [3.63, 3.8) is 0 Å². The zero-order chi connectivity index (χ0) is 7.23. The van der Waals surface area contributed by atoms with Gasteiger partial charge >= 0.3 is 0 Å². The Labute approximate surface area is 56.4 Å². The van der Waals surface area contributed by atoms with Gasteiger partial charge in [-0.05, 0) is 12.3 Å². The molecule has 0 spiro atoms. The Morgan fingerprint density at radius 1 is 1.67 bits per heavy atom. The summed E-state index contributed by atoms with van der Waals surface area (Å²) in [5.41, 5.74) is 1.39. The van der Waals surface area contributed by atoms with Crippen molar-refractivity contribution in [1.29, 1.82) is 0 Å². The highest BCUT2D eigenvalue weighted by Gasteiger charge is 2.52. The van der Waals surface area contributed by atoms with Crippen molar-refractivity contribution in [2.75, 3.05) is 0 Å². The van der Waals surface area contributed by atoms with E-state index in [1.165, 1.54) is 5.57 Å². The van der Waals surface area contributed by atoms with Crippen LogP contribution in [-0.2, 0) is 0 Å². The molecule has 0 aliphatic heterocycles. The van der Waals surface area contributed by atoms with Gasteiger partial charge in [0.15, 0.2) is 0 Å². The lowest BCUT2D eigenvalue weighted by Crippen LogP contribution is -2.06. The Bertz CT molecular complexity index is 145. The Kier molecular flexibility index (Phi) is 1.21. The van der Waals surface area contributed by atoms with Crippen LogP contribution >= 0.6 is 0 Å². The number of hydrogen-bond donors (Lipinski definition) is 1. The summed E-state index contributed by atoms with van der Waals surface area (Å²) in [6, 6.07) is 0. The molecule has 0 aromatic carbocycles. The van der Waals surface area contributed by atoms with Gasteiger partial charge in [0.25, 0.3) is 0 Å². The number of hydrogen-bond acceptors (Lipinski definition) is 1. The molecular formula is C8H14O. The van der Waals surface area contributed by atoms with E-state index in [9.17, 15) is 0 Å². The molecule has 1 aliphatic rings. The van der Waals surface area contributed by atoms with Crippen LogP contribution in [0.15, 0.2) is 12.2 Å². The monoisotopic (exact) mass is 126 g/mol. The first-order valence-corrected chi connectivity index (χ1v) is 3.35. The third-order valence-corrected chi connectivity index (χ3v) is 2.38. The maximum atomic E-state index is 9.14. The average molecular weight is 126 g/mol. The lowest BCUT2D eigenvalue weighted by molar-refractivity contribution is 0.157. The highest BCUT2D eigenvalue weighted by Crippen LogP contribution is 2.58. The van der Waals surface area contributed by atoms with Crippen molar-refractivity contribution in [3.8, 4) is 0 Å². The van der Waals surface area contributed by atoms with Crippen molar-refractivity contribution in [2.24, 2.45) is 11.3 Å². The summed E-state index contributed by atoms with van der Waals surface area (Å²) in [4.78, 5) is 0. The lowest BCUT2D eigenvalue weighted by atomic mass is 10.1. The summed E-state index contributed by atoms with van der Waals surface area (Å²) in [6.07, 6.45) is -0.215. The fourth-order valence-corrected chi connectivity index (χ4v) is 1.57. The van der Waals surface area contributed by atoms with Crippen LogP contribution in [0.4, 0.5) is 0 Å². The molecule has 0 heterocycles. The van der Waals surface area contributed by atoms with Gasteiger partial charge in [-0.2, -0.15) is 0 Å². The molecular weight excluding hydrogens is 112 g/mol. The fraction of sp³-hybridized carbons (Fsp3) is 0.750. The van der Waals surface area contributed by atoms with Crippen LogP contribution < -0.4 is 0 Å². The SMILES string of the molecule is C=C1C(C(C)O)C1(C)C. The van der Waals surface area contributed by atoms with E-state index in [4.69, 9.17) is 5.11 Å². The van der Waals surface area contributed by atoms with E-state index in [-0.39, 0.29) is 11.5 Å². The third kappa shape index (κ3) is 0.799. The Balaban J connectivity index is 2.63. The minimum atomic E-state index is -0.215. The lowest BCUT2D eigenvalue weighted by Gasteiger charge is -2.02. The molecule has 1 fully saturated rings.